The number of hydrogen-bond acceptors (Lipinski definition) is 3. The highest BCUT2D eigenvalue weighted by Crippen LogP contribution is 2.22. The highest BCUT2D eigenvalue weighted by atomic mass is 16.2. The predicted molar refractivity (Wildman–Crippen MR) is 81.2 cm³/mol. The van der Waals surface area contributed by atoms with E-state index in [4.69, 9.17) is 0 Å². The average Bonchev–Trinajstić information content (AvgIpc) is 3.18. The Morgan fingerprint density at radius 3 is 2.82 bits per heavy atom. The summed E-state index contributed by atoms with van der Waals surface area (Å²) in [6.07, 6.45) is 4.74. The van der Waals surface area contributed by atoms with Crippen molar-refractivity contribution in [3.8, 4) is 0 Å². The lowest BCUT2D eigenvalue weighted by atomic mass is 10.1. The highest BCUT2D eigenvalue weighted by molar-refractivity contribution is 5.74. The minimum Gasteiger partial charge on any atom is -0.338 e. The summed E-state index contributed by atoms with van der Waals surface area (Å²) in [6, 6.07) is 2.10. The molecule has 22 heavy (non-hydrogen) atoms. The summed E-state index contributed by atoms with van der Waals surface area (Å²) in [4.78, 5) is 27.3. The van der Waals surface area contributed by atoms with Gasteiger partial charge in [0.05, 0.1) is 18.3 Å². The van der Waals surface area contributed by atoms with E-state index >= 15 is 0 Å². The Hall–Kier alpha value is -2.05. The SMILES string of the molecule is CC(=O)N1Cc2ccnn2[C@@H](CCNC(=O)N2CCCC2)C1. The molecular formula is C15H23N5O2. The fourth-order valence-corrected chi connectivity index (χ4v) is 3.22. The van der Waals surface area contributed by atoms with Crippen LogP contribution in [0.2, 0.25) is 0 Å². The van der Waals surface area contributed by atoms with E-state index in [1.54, 1.807) is 13.1 Å². The van der Waals surface area contributed by atoms with Crippen LogP contribution in [-0.2, 0) is 11.3 Å². The third kappa shape index (κ3) is 3.08. The van der Waals surface area contributed by atoms with Gasteiger partial charge in [-0.3, -0.25) is 9.48 Å². The maximum Gasteiger partial charge on any atom is 0.317 e. The largest absolute Gasteiger partial charge is 0.338 e. The maximum atomic E-state index is 12.0. The van der Waals surface area contributed by atoms with Gasteiger partial charge in [-0.05, 0) is 25.3 Å². The minimum atomic E-state index is 0.0254. The van der Waals surface area contributed by atoms with Crippen molar-refractivity contribution in [1.82, 2.24) is 24.9 Å². The van der Waals surface area contributed by atoms with Crippen molar-refractivity contribution in [2.45, 2.75) is 38.8 Å². The summed E-state index contributed by atoms with van der Waals surface area (Å²) >= 11 is 0. The van der Waals surface area contributed by atoms with Gasteiger partial charge in [0.1, 0.15) is 0 Å². The Balaban J connectivity index is 1.55. The van der Waals surface area contributed by atoms with Crippen LogP contribution in [0, 0.1) is 0 Å². The highest BCUT2D eigenvalue weighted by Gasteiger charge is 2.27. The number of carbonyl (C=O) groups is 2. The molecule has 0 bridgehead atoms. The Kier molecular flexibility index (Phi) is 4.31. The van der Waals surface area contributed by atoms with Gasteiger partial charge in [0.2, 0.25) is 5.91 Å². The normalized spacial score (nSPS) is 20.9. The molecule has 7 heteroatoms. The molecule has 0 aliphatic carbocycles. The van der Waals surface area contributed by atoms with Crippen molar-refractivity contribution < 1.29 is 9.59 Å². The summed E-state index contributed by atoms with van der Waals surface area (Å²) in [5, 5.41) is 7.34. The van der Waals surface area contributed by atoms with Crippen molar-refractivity contribution in [2.75, 3.05) is 26.2 Å². The molecule has 3 heterocycles. The average molecular weight is 305 g/mol. The van der Waals surface area contributed by atoms with Crippen LogP contribution in [0.4, 0.5) is 4.79 Å². The van der Waals surface area contributed by atoms with Crippen LogP contribution in [0.3, 0.4) is 0 Å². The van der Waals surface area contributed by atoms with E-state index in [2.05, 4.69) is 10.4 Å². The summed E-state index contributed by atoms with van der Waals surface area (Å²) < 4.78 is 1.99. The molecule has 1 aromatic heterocycles. The lowest BCUT2D eigenvalue weighted by Crippen LogP contribution is -2.42. The monoisotopic (exact) mass is 305 g/mol. The van der Waals surface area contributed by atoms with Gasteiger partial charge in [-0.25, -0.2) is 4.79 Å². The molecule has 0 radical (unpaired) electrons. The van der Waals surface area contributed by atoms with Crippen molar-refractivity contribution in [2.24, 2.45) is 0 Å². The first kappa shape index (κ1) is 14.9. The van der Waals surface area contributed by atoms with Crippen LogP contribution < -0.4 is 5.32 Å². The van der Waals surface area contributed by atoms with Crippen LogP contribution in [0.25, 0.3) is 0 Å². The van der Waals surface area contributed by atoms with E-state index in [9.17, 15) is 9.59 Å². The molecule has 2 aliphatic heterocycles. The smallest absolute Gasteiger partial charge is 0.317 e. The zero-order chi connectivity index (χ0) is 15.5. The topological polar surface area (TPSA) is 70.5 Å². The zero-order valence-electron chi connectivity index (χ0n) is 13.0. The molecule has 3 amide bonds. The molecule has 1 saturated heterocycles. The van der Waals surface area contributed by atoms with Gasteiger partial charge in [0, 0.05) is 39.3 Å². The van der Waals surface area contributed by atoms with Gasteiger partial charge in [0.15, 0.2) is 0 Å². The molecule has 0 unspecified atom stereocenters. The lowest BCUT2D eigenvalue weighted by molar-refractivity contribution is -0.130. The second kappa shape index (κ2) is 6.37. The Bertz CT molecular complexity index is 550. The second-order valence-corrected chi connectivity index (χ2v) is 6.04. The molecule has 0 spiro atoms. The van der Waals surface area contributed by atoms with Crippen LogP contribution >= 0.6 is 0 Å². The Morgan fingerprint density at radius 2 is 2.09 bits per heavy atom. The fraction of sp³-hybridized carbons (Fsp3) is 0.667. The van der Waals surface area contributed by atoms with Crippen LogP contribution in [0.5, 0.6) is 0 Å². The number of likely N-dealkylation sites (tertiary alicyclic amines) is 1. The van der Waals surface area contributed by atoms with Crippen LogP contribution in [0.15, 0.2) is 12.3 Å². The molecule has 120 valence electrons. The molecule has 0 aromatic carbocycles. The van der Waals surface area contributed by atoms with E-state index in [0.29, 0.717) is 19.6 Å². The number of urea groups is 1. The zero-order valence-corrected chi connectivity index (χ0v) is 13.0. The third-order valence-corrected chi connectivity index (χ3v) is 4.47. The second-order valence-electron chi connectivity index (χ2n) is 6.04. The molecule has 7 nitrogen and oxygen atoms in total. The Morgan fingerprint density at radius 1 is 1.32 bits per heavy atom. The van der Waals surface area contributed by atoms with Crippen LogP contribution in [-0.4, -0.2) is 57.7 Å². The molecule has 2 aliphatic rings. The quantitative estimate of drug-likeness (QED) is 0.905. The van der Waals surface area contributed by atoms with Crippen molar-refractivity contribution in [3.05, 3.63) is 18.0 Å². The first-order valence-corrected chi connectivity index (χ1v) is 7.96. The molecule has 1 N–H and O–H groups in total. The first-order valence-electron chi connectivity index (χ1n) is 7.96. The number of amides is 3. The van der Waals surface area contributed by atoms with Gasteiger partial charge in [-0.1, -0.05) is 0 Å². The van der Waals surface area contributed by atoms with E-state index in [1.807, 2.05) is 20.5 Å². The number of nitrogens with one attached hydrogen (secondary N) is 1. The lowest BCUT2D eigenvalue weighted by Gasteiger charge is -2.33. The van der Waals surface area contributed by atoms with E-state index in [-0.39, 0.29) is 18.0 Å². The minimum absolute atomic E-state index is 0.0254. The first-order chi connectivity index (χ1) is 10.6. The summed E-state index contributed by atoms with van der Waals surface area (Å²) in [5.74, 6) is 0.0820. The fourth-order valence-electron chi connectivity index (χ4n) is 3.22. The number of carbonyl (C=O) groups excluding carboxylic acids is 2. The summed E-state index contributed by atoms with van der Waals surface area (Å²) in [5.41, 5.74) is 1.05. The molecule has 0 saturated carbocycles. The number of rotatable bonds is 3. The number of hydrogen-bond donors (Lipinski definition) is 1. The molecular weight excluding hydrogens is 282 g/mol. The predicted octanol–water partition coefficient (Wildman–Crippen LogP) is 0.982. The molecule has 1 fully saturated rings. The summed E-state index contributed by atoms with van der Waals surface area (Å²) in [7, 11) is 0. The maximum absolute atomic E-state index is 12.0. The van der Waals surface area contributed by atoms with Gasteiger partial charge >= 0.3 is 6.03 Å². The van der Waals surface area contributed by atoms with Crippen LogP contribution in [0.1, 0.15) is 37.9 Å². The van der Waals surface area contributed by atoms with E-state index < -0.39 is 0 Å². The number of aromatic nitrogens is 2. The number of fused-ring (bicyclic) bond motifs is 1. The van der Waals surface area contributed by atoms with Crippen molar-refractivity contribution in [3.63, 3.8) is 0 Å². The molecule has 1 atom stereocenters. The van der Waals surface area contributed by atoms with Gasteiger partial charge < -0.3 is 15.1 Å². The van der Waals surface area contributed by atoms with Crippen molar-refractivity contribution >= 4 is 11.9 Å². The van der Waals surface area contributed by atoms with Crippen molar-refractivity contribution in [1.29, 1.82) is 0 Å². The van der Waals surface area contributed by atoms with E-state index in [0.717, 1.165) is 38.0 Å². The van der Waals surface area contributed by atoms with Gasteiger partial charge in [-0.15, -0.1) is 0 Å². The molecule has 1 aromatic rings. The number of nitrogens with zero attached hydrogens (tertiary/aromatic N) is 4. The van der Waals surface area contributed by atoms with Gasteiger partial charge in [-0.2, -0.15) is 5.10 Å². The summed E-state index contributed by atoms with van der Waals surface area (Å²) in [6.45, 7) is 5.19. The Labute approximate surface area is 130 Å². The third-order valence-electron chi connectivity index (χ3n) is 4.47. The van der Waals surface area contributed by atoms with E-state index in [1.165, 1.54) is 0 Å². The van der Waals surface area contributed by atoms with Gasteiger partial charge in [0.25, 0.3) is 0 Å². The standard InChI is InChI=1S/C15H23N5O2/c1-12(21)19-10-13(20-14(11-19)5-7-17-20)4-6-16-15(22)18-8-2-3-9-18/h5,7,13H,2-4,6,8-11H2,1H3,(H,16,22)/t13-/m0/s1. The molecule has 3 rings (SSSR count).